The second-order valence-corrected chi connectivity index (χ2v) is 20.7. The van der Waals surface area contributed by atoms with Gasteiger partial charge in [-0.3, -0.25) is 14.2 Å². The zero-order valence-electron chi connectivity index (χ0n) is 45.4. The molecule has 0 radical (unpaired) electrons. The molecule has 0 aliphatic carbocycles. The van der Waals surface area contributed by atoms with Crippen molar-refractivity contribution in [3.63, 3.8) is 0 Å². The van der Waals surface area contributed by atoms with Crippen LogP contribution in [0.15, 0.2) is 109 Å². The van der Waals surface area contributed by atoms with Crippen molar-refractivity contribution in [2.75, 3.05) is 40.9 Å². The predicted molar refractivity (Wildman–Crippen MR) is 297 cm³/mol. The van der Waals surface area contributed by atoms with E-state index >= 15 is 0 Å². The molecular weight excluding hydrogens is 892 g/mol. The Labute approximate surface area is 430 Å². The van der Waals surface area contributed by atoms with Crippen LogP contribution < -0.4 is 10.2 Å². The van der Waals surface area contributed by atoms with Crippen LogP contribution in [0.3, 0.4) is 0 Å². The van der Waals surface area contributed by atoms with Gasteiger partial charge in [0.05, 0.1) is 33.8 Å². The summed E-state index contributed by atoms with van der Waals surface area (Å²) in [5.41, 5.74) is 0. The number of hydrogen-bond acceptors (Lipinski definition) is 7. The van der Waals surface area contributed by atoms with Gasteiger partial charge in [0.15, 0.2) is 0 Å². The van der Waals surface area contributed by atoms with Crippen LogP contribution in [0.1, 0.15) is 207 Å². The molecule has 0 rings (SSSR count). The van der Waals surface area contributed by atoms with Crippen molar-refractivity contribution in [1.29, 1.82) is 0 Å². The Morgan fingerprint density at radius 1 is 0.514 bits per heavy atom. The molecular formula is C60H103N2O7P. The van der Waals surface area contributed by atoms with Crippen molar-refractivity contribution in [3.8, 4) is 0 Å². The third-order valence-electron chi connectivity index (χ3n) is 11.5. The van der Waals surface area contributed by atoms with E-state index < -0.39 is 26.6 Å². The summed E-state index contributed by atoms with van der Waals surface area (Å²) in [7, 11) is 1.12. The Hall–Kier alpha value is -3.33. The fourth-order valence-corrected chi connectivity index (χ4v) is 7.95. The summed E-state index contributed by atoms with van der Waals surface area (Å²) in [5, 5.41) is 2.96. The van der Waals surface area contributed by atoms with E-state index in [1.807, 2.05) is 39.4 Å². The lowest BCUT2D eigenvalue weighted by Crippen LogP contribution is -2.47. The normalized spacial score (nSPS) is 14.7. The summed E-state index contributed by atoms with van der Waals surface area (Å²) in [4.78, 5) is 39.7. The monoisotopic (exact) mass is 995 g/mol. The van der Waals surface area contributed by atoms with Gasteiger partial charge >= 0.3 is 5.97 Å². The second-order valence-electron chi connectivity index (χ2n) is 19.3. The minimum absolute atomic E-state index is 0.0428. The molecule has 3 atom stereocenters. The van der Waals surface area contributed by atoms with Crippen molar-refractivity contribution < 1.29 is 37.3 Å². The number of unbranched alkanes of at least 4 members (excludes halogenated alkanes) is 16. The van der Waals surface area contributed by atoms with E-state index in [1.54, 1.807) is 6.08 Å². The molecule has 0 aromatic heterocycles. The van der Waals surface area contributed by atoms with Crippen LogP contribution >= 0.6 is 7.82 Å². The van der Waals surface area contributed by atoms with Gasteiger partial charge in [0.25, 0.3) is 7.82 Å². The molecule has 0 aliphatic rings. The standard InChI is InChI=1S/C60H103N2O7P/c1-7-10-13-16-19-22-25-27-29-30-31-32-33-34-37-40-43-46-49-52-59(63)61-57(56-68-70(65,66)67-55-54-62(4,5)6)58(51-48-45-42-39-36-24-21-18-15-12-9-3)69-60(64)53-50-47-44-41-38-35-28-26-23-20-17-14-11-8-2/h10-11,13-14,19-20,22-23,27,29,31-32,34,37,43,46,48,51,57-58H,7-9,12,15-18,21,24-26,28,30,33,35-36,38-42,44-45,47,49-50,52-56H2,1-6H3,(H-,61,63,65,66)/b13-10-,14-11+,22-19-,23-20+,29-27-,32-31-,37-34-,46-43-,51-48-. The van der Waals surface area contributed by atoms with Crippen LogP contribution in [0.5, 0.6) is 0 Å². The number of carbonyl (C=O) groups is 2. The molecule has 0 aromatic carbocycles. The van der Waals surface area contributed by atoms with Crippen LogP contribution in [0.2, 0.25) is 0 Å². The van der Waals surface area contributed by atoms with Gasteiger partial charge in [-0.25, -0.2) is 0 Å². The Bertz CT molecular complexity index is 1570. The van der Waals surface area contributed by atoms with Gasteiger partial charge in [0.1, 0.15) is 19.3 Å². The molecule has 0 fully saturated rings. The van der Waals surface area contributed by atoms with E-state index in [1.165, 1.54) is 64.2 Å². The van der Waals surface area contributed by atoms with Crippen molar-refractivity contribution >= 4 is 19.7 Å². The average Bonchev–Trinajstić information content (AvgIpc) is 3.32. The molecule has 3 unspecified atom stereocenters. The summed E-state index contributed by atoms with van der Waals surface area (Å²) >= 11 is 0. The summed E-state index contributed by atoms with van der Waals surface area (Å²) in [6, 6.07) is -0.937. The number of quaternary nitrogens is 1. The lowest BCUT2D eigenvalue weighted by molar-refractivity contribution is -0.870. The Kier molecular flexibility index (Phi) is 46.9. The van der Waals surface area contributed by atoms with Gasteiger partial charge in [-0.1, -0.05) is 208 Å². The minimum Gasteiger partial charge on any atom is -0.756 e. The molecule has 0 heterocycles. The largest absolute Gasteiger partial charge is 0.756 e. The lowest BCUT2D eigenvalue weighted by atomic mass is 10.1. The molecule has 1 amide bonds. The first-order chi connectivity index (χ1) is 33.9. The number of ether oxygens (including phenoxy) is 1. The average molecular weight is 995 g/mol. The Balaban J connectivity index is 5.48. The number of phosphoric ester groups is 1. The van der Waals surface area contributed by atoms with Gasteiger partial charge in [0, 0.05) is 12.8 Å². The zero-order chi connectivity index (χ0) is 51.5. The number of rotatable bonds is 48. The molecule has 70 heavy (non-hydrogen) atoms. The maximum Gasteiger partial charge on any atom is 0.306 e. The smallest absolute Gasteiger partial charge is 0.306 e. The Morgan fingerprint density at radius 2 is 0.929 bits per heavy atom. The third kappa shape index (κ3) is 49.6. The minimum atomic E-state index is -4.72. The molecule has 0 saturated carbocycles. The summed E-state index contributed by atoms with van der Waals surface area (Å²) in [5.74, 6) is -0.659. The zero-order valence-corrected chi connectivity index (χ0v) is 46.3. The van der Waals surface area contributed by atoms with Gasteiger partial charge in [-0.05, 0) is 96.0 Å². The Morgan fingerprint density at radius 3 is 1.40 bits per heavy atom. The molecule has 1 N–H and O–H groups in total. The number of nitrogens with zero attached hydrogens (tertiary/aromatic N) is 1. The highest BCUT2D eigenvalue weighted by molar-refractivity contribution is 7.45. The molecule has 0 aromatic rings. The van der Waals surface area contributed by atoms with E-state index in [9.17, 15) is 19.0 Å². The maximum atomic E-state index is 13.4. The molecule has 400 valence electrons. The highest BCUT2D eigenvalue weighted by atomic mass is 31.2. The van der Waals surface area contributed by atoms with Gasteiger partial charge in [0.2, 0.25) is 5.91 Å². The molecule has 9 nitrogen and oxygen atoms in total. The van der Waals surface area contributed by atoms with Gasteiger partial charge < -0.3 is 28.5 Å². The first-order valence-electron chi connectivity index (χ1n) is 27.7. The van der Waals surface area contributed by atoms with Gasteiger partial charge in [-0.2, -0.15) is 0 Å². The van der Waals surface area contributed by atoms with Crippen molar-refractivity contribution in [2.45, 2.75) is 219 Å². The number of nitrogens with one attached hydrogen (secondary N) is 1. The maximum absolute atomic E-state index is 13.4. The number of esters is 1. The summed E-state index contributed by atoms with van der Waals surface area (Å²) < 4.78 is 30.1. The molecule has 0 aliphatic heterocycles. The number of phosphoric acid groups is 1. The van der Waals surface area contributed by atoms with E-state index in [-0.39, 0.29) is 31.3 Å². The van der Waals surface area contributed by atoms with Crippen LogP contribution in [0.25, 0.3) is 0 Å². The molecule has 0 spiro atoms. The highest BCUT2D eigenvalue weighted by Crippen LogP contribution is 2.38. The van der Waals surface area contributed by atoms with Crippen LogP contribution in [-0.4, -0.2) is 69.4 Å². The van der Waals surface area contributed by atoms with Crippen molar-refractivity contribution in [2.24, 2.45) is 0 Å². The first kappa shape index (κ1) is 66.7. The molecule has 0 saturated heterocycles. The first-order valence-corrected chi connectivity index (χ1v) is 29.2. The van der Waals surface area contributed by atoms with E-state index in [0.717, 1.165) is 96.3 Å². The van der Waals surface area contributed by atoms with Crippen molar-refractivity contribution in [1.82, 2.24) is 5.32 Å². The van der Waals surface area contributed by atoms with Crippen molar-refractivity contribution in [3.05, 3.63) is 109 Å². The van der Waals surface area contributed by atoms with Crippen LogP contribution in [0.4, 0.5) is 0 Å². The third-order valence-corrected chi connectivity index (χ3v) is 12.4. The van der Waals surface area contributed by atoms with E-state index in [4.69, 9.17) is 13.8 Å². The van der Waals surface area contributed by atoms with Crippen LogP contribution in [0, 0.1) is 0 Å². The summed E-state index contributed by atoms with van der Waals surface area (Å²) in [6.07, 6.45) is 66.5. The molecule has 10 heteroatoms. The highest BCUT2D eigenvalue weighted by Gasteiger charge is 2.27. The van der Waals surface area contributed by atoms with E-state index in [0.29, 0.717) is 23.9 Å². The molecule has 0 bridgehead atoms. The van der Waals surface area contributed by atoms with Gasteiger partial charge in [-0.15, -0.1) is 0 Å². The number of likely N-dealkylation sites (N-methyl/N-ethyl adjacent to an activating group) is 1. The topological polar surface area (TPSA) is 114 Å². The number of allylic oxidation sites excluding steroid dienone is 17. The summed E-state index contributed by atoms with van der Waals surface area (Å²) in [6.45, 7) is 6.52. The number of amides is 1. The fraction of sp³-hybridized carbons (Fsp3) is 0.667. The second kappa shape index (κ2) is 49.3. The number of carbonyl (C=O) groups excluding carboxylic acids is 2. The number of hydrogen-bond donors (Lipinski definition) is 1. The lowest BCUT2D eigenvalue weighted by Gasteiger charge is -2.30. The SMILES string of the molecule is CC/C=C\C/C=C\C/C=C\C/C=C\C/C=C\C/C=C\CCC(=O)NC(COP(=O)([O-])OCC[N+](C)(C)C)C(/C=C\CCCCCCCCCCC)OC(=O)CCCCCCCCC/C=C/C/C=C/CC. The van der Waals surface area contributed by atoms with E-state index in [2.05, 4.69) is 111 Å². The quantitative estimate of drug-likeness (QED) is 0.0212. The van der Waals surface area contributed by atoms with Crippen LogP contribution in [-0.2, 0) is 27.9 Å². The fourth-order valence-electron chi connectivity index (χ4n) is 7.23. The predicted octanol–water partition coefficient (Wildman–Crippen LogP) is 16.0.